The number of hydrogen-bond acceptors (Lipinski definition) is 2. The van der Waals surface area contributed by atoms with Crippen LogP contribution in [0.1, 0.15) is 11.1 Å². The second-order valence-electron chi connectivity index (χ2n) is 2.75. The summed E-state index contributed by atoms with van der Waals surface area (Å²) < 4.78 is 33.0. The van der Waals surface area contributed by atoms with E-state index in [1.54, 1.807) is 13.0 Å². The van der Waals surface area contributed by atoms with Gasteiger partial charge in [0.25, 0.3) is 0 Å². The van der Waals surface area contributed by atoms with E-state index < -0.39 is 16.0 Å². The summed E-state index contributed by atoms with van der Waals surface area (Å²) in [5.74, 6) is -0.587. The molecule has 1 rings (SSSR count). The third-order valence-electron chi connectivity index (χ3n) is 1.63. The van der Waals surface area contributed by atoms with Crippen molar-refractivity contribution >= 4 is 21.8 Å². The molecule has 0 aliphatic rings. The van der Waals surface area contributed by atoms with E-state index in [0.717, 1.165) is 0 Å². The SMILES string of the molecule is Cc1cc(Cl)ccc1CS(=O)(=O)F. The lowest BCUT2D eigenvalue weighted by molar-refractivity contribution is 0.551. The van der Waals surface area contributed by atoms with Crippen molar-refractivity contribution in [1.29, 1.82) is 0 Å². The smallest absolute Gasteiger partial charge is 0.194 e. The van der Waals surface area contributed by atoms with Crippen LogP contribution in [0.3, 0.4) is 0 Å². The van der Waals surface area contributed by atoms with Crippen LogP contribution < -0.4 is 0 Å². The fourth-order valence-electron chi connectivity index (χ4n) is 1.01. The molecule has 0 N–H and O–H groups in total. The average molecular weight is 223 g/mol. The van der Waals surface area contributed by atoms with Gasteiger partial charge in [-0.2, -0.15) is 8.42 Å². The van der Waals surface area contributed by atoms with E-state index in [-0.39, 0.29) is 0 Å². The number of hydrogen-bond donors (Lipinski definition) is 0. The highest BCUT2D eigenvalue weighted by Crippen LogP contribution is 2.17. The van der Waals surface area contributed by atoms with Gasteiger partial charge in [-0.1, -0.05) is 17.7 Å². The van der Waals surface area contributed by atoms with Gasteiger partial charge < -0.3 is 0 Å². The monoisotopic (exact) mass is 222 g/mol. The quantitative estimate of drug-likeness (QED) is 0.721. The molecule has 0 unspecified atom stereocenters. The zero-order chi connectivity index (χ0) is 10.1. The Morgan fingerprint density at radius 2 is 2.08 bits per heavy atom. The van der Waals surface area contributed by atoms with Gasteiger partial charge in [-0.3, -0.25) is 0 Å². The summed E-state index contributed by atoms with van der Waals surface area (Å²) >= 11 is 5.64. The van der Waals surface area contributed by atoms with Crippen LogP contribution in [0.25, 0.3) is 0 Å². The molecule has 5 heteroatoms. The second kappa shape index (κ2) is 3.64. The molecule has 72 valence electrons. The van der Waals surface area contributed by atoms with Crippen molar-refractivity contribution in [2.24, 2.45) is 0 Å². The van der Waals surface area contributed by atoms with Crippen LogP contribution in [-0.4, -0.2) is 8.42 Å². The molecule has 0 aliphatic heterocycles. The third-order valence-corrected chi connectivity index (χ3v) is 2.52. The third kappa shape index (κ3) is 3.32. The Morgan fingerprint density at radius 1 is 1.46 bits per heavy atom. The zero-order valence-electron chi connectivity index (χ0n) is 6.92. The van der Waals surface area contributed by atoms with E-state index in [1.807, 2.05) is 0 Å². The molecule has 0 aromatic heterocycles. The van der Waals surface area contributed by atoms with E-state index in [0.29, 0.717) is 16.1 Å². The summed E-state index contributed by atoms with van der Waals surface area (Å²) in [6, 6.07) is 4.64. The van der Waals surface area contributed by atoms with Gasteiger partial charge in [0, 0.05) is 5.02 Å². The molecule has 0 aliphatic carbocycles. The Kier molecular flexibility index (Phi) is 2.93. The summed E-state index contributed by atoms with van der Waals surface area (Å²) in [5.41, 5.74) is 1.11. The van der Waals surface area contributed by atoms with Gasteiger partial charge in [0.2, 0.25) is 0 Å². The highest BCUT2D eigenvalue weighted by atomic mass is 35.5. The van der Waals surface area contributed by atoms with Crippen LogP contribution in [0.5, 0.6) is 0 Å². The summed E-state index contributed by atoms with van der Waals surface area (Å²) in [4.78, 5) is 0. The minimum atomic E-state index is -4.46. The van der Waals surface area contributed by atoms with Crippen LogP contribution in [0.15, 0.2) is 18.2 Å². The Morgan fingerprint density at radius 3 is 2.54 bits per heavy atom. The normalized spacial score (nSPS) is 11.6. The largest absolute Gasteiger partial charge is 0.306 e. The minimum absolute atomic E-state index is 0.437. The molecule has 0 bridgehead atoms. The maximum absolute atomic E-state index is 12.3. The molecule has 0 saturated heterocycles. The summed E-state index contributed by atoms with van der Waals surface area (Å²) in [6.45, 7) is 1.69. The fraction of sp³-hybridized carbons (Fsp3) is 0.250. The topological polar surface area (TPSA) is 34.1 Å². The lowest BCUT2D eigenvalue weighted by Gasteiger charge is -2.02. The molecule has 0 atom stereocenters. The number of aryl methyl sites for hydroxylation is 1. The van der Waals surface area contributed by atoms with Gasteiger partial charge in [0.05, 0.1) is 0 Å². The van der Waals surface area contributed by atoms with Crippen LogP contribution in [0.4, 0.5) is 3.89 Å². The molecule has 1 aromatic rings. The molecular weight excluding hydrogens is 215 g/mol. The Hall–Kier alpha value is -0.610. The van der Waals surface area contributed by atoms with Crippen molar-refractivity contribution < 1.29 is 12.3 Å². The number of halogens is 2. The Labute approximate surface area is 81.6 Å². The van der Waals surface area contributed by atoms with Crippen molar-refractivity contribution in [2.75, 3.05) is 0 Å². The molecule has 2 nitrogen and oxygen atoms in total. The van der Waals surface area contributed by atoms with Crippen molar-refractivity contribution in [3.63, 3.8) is 0 Å². The zero-order valence-corrected chi connectivity index (χ0v) is 8.49. The summed E-state index contributed by atoms with van der Waals surface area (Å²) in [7, 11) is -4.46. The minimum Gasteiger partial charge on any atom is -0.194 e. The molecule has 13 heavy (non-hydrogen) atoms. The molecule has 0 fully saturated rings. The summed E-state index contributed by atoms with van der Waals surface area (Å²) in [6.07, 6.45) is 0. The summed E-state index contributed by atoms with van der Waals surface area (Å²) in [5, 5.41) is 0.512. The maximum Gasteiger partial charge on any atom is 0.306 e. The average Bonchev–Trinajstić information content (AvgIpc) is 1.93. The van der Waals surface area contributed by atoms with E-state index in [2.05, 4.69) is 0 Å². The van der Waals surface area contributed by atoms with Gasteiger partial charge in [-0.15, -0.1) is 3.89 Å². The first-order chi connectivity index (χ1) is 5.88. The maximum atomic E-state index is 12.3. The lowest BCUT2D eigenvalue weighted by Crippen LogP contribution is -1.98. The van der Waals surface area contributed by atoms with Gasteiger partial charge >= 0.3 is 10.2 Å². The molecule has 0 radical (unpaired) electrons. The van der Waals surface area contributed by atoms with E-state index >= 15 is 0 Å². The van der Waals surface area contributed by atoms with Gasteiger partial charge in [0.1, 0.15) is 5.75 Å². The van der Waals surface area contributed by atoms with Gasteiger partial charge in [-0.25, -0.2) is 0 Å². The van der Waals surface area contributed by atoms with Crippen LogP contribution in [0.2, 0.25) is 5.02 Å². The highest BCUT2D eigenvalue weighted by molar-refractivity contribution is 7.85. The molecule has 1 aromatic carbocycles. The van der Waals surface area contributed by atoms with E-state index in [9.17, 15) is 12.3 Å². The Bertz CT molecular complexity index is 414. The lowest BCUT2D eigenvalue weighted by atomic mass is 10.1. The molecular formula is C8H8ClFO2S. The van der Waals surface area contributed by atoms with E-state index in [1.165, 1.54) is 12.1 Å². The molecule has 0 heterocycles. The van der Waals surface area contributed by atoms with Gasteiger partial charge in [0.15, 0.2) is 0 Å². The van der Waals surface area contributed by atoms with E-state index in [4.69, 9.17) is 11.6 Å². The molecule has 0 amide bonds. The molecule has 0 spiro atoms. The fourth-order valence-corrected chi connectivity index (χ4v) is 1.93. The first kappa shape index (κ1) is 10.5. The van der Waals surface area contributed by atoms with Crippen molar-refractivity contribution in [3.8, 4) is 0 Å². The van der Waals surface area contributed by atoms with Crippen molar-refractivity contribution in [1.82, 2.24) is 0 Å². The van der Waals surface area contributed by atoms with Crippen LogP contribution in [0, 0.1) is 6.92 Å². The first-order valence-electron chi connectivity index (χ1n) is 3.56. The first-order valence-corrected chi connectivity index (χ1v) is 5.49. The van der Waals surface area contributed by atoms with Crippen LogP contribution >= 0.6 is 11.6 Å². The number of benzene rings is 1. The van der Waals surface area contributed by atoms with Crippen LogP contribution in [-0.2, 0) is 16.0 Å². The van der Waals surface area contributed by atoms with Gasteiger partial charge in [-0.05, 0) is 30.2 Å². The Balaban J connectivity index is 3.04. The van der Waals surface area contributed by atoms with Crippen molar-refractivity contribution in [2.45, 2.75) is 12.7 Å². The molecule has 0 saturated carbocycles. The number of rotatable bonds is 2. The second-order valence-corrected chi connectivity index (χ2v) is 4.56. The standard InChI is InChI=1S/C8H8ClFO2S/c1-6-4-8(9)3-2-7(6)5-13(10,11)12/h2-4H,5H2,1H3. The predicted octanol–water partition coefficient (Wildman–Crippen LogP) is 2.45. The highest BCUT2D eigenvalue weighted by Gasteiger charge is 2.10. The predicted molar refractivity (Wildman–Crippen MR) is 49.9 cm³/mol. The van der Waals surface area contributed by atoms with Crippen molar-refractivity contribution in [3.05, 3.63) is 34.3 Å².